The summed E-state index contributed by atoms with van der Waals surface area (Å²) in [6, 6.07) is 7.47. The van der Waals surface area contributed by atoms with E-state index in [0.717, 1.165) is 27.7 Å². The fraction of sp³-hybridized carbons (Fsp3) is 0.182. The molecule has 0 saturated heterocycles. The summed E-state index contributed by atoms with van der Waals surface area (Å²) in [5.41, 5.74) is -0.801. The van der Waals surface area contributed by atoms with Gasteiger partial charge in [-0.2, -0.15) is 0 Å². The molecule has 172 valence electrons. The monoisotopic (exact) mass is 458 g/mol. The molecule has 0 aliphatic rings. The molecule has 33 heavy (non-hydrogen) atoms. The summed E-state index contributed by atoms with van der Waals surface area (Å²) < 4.78 is 24.6. The van der Waals surface area contributed by atoms with Crippen LogP contribution in [0, 0.1) is 0 Å². The highest BCUT2D eigenvalue weighted by Gasteiger charge is 2.27. The van der Waals surface area contributed by atoms with Gasteiger partial charge in [-0.3, -0.25) is 19.2 Å². The molecule has 0 amide bonds. The maximum absolute atomic E-state index is 12.7. The van der Waals surface area contributed by atoms with Crippen LogP contribution in [0.5, 0.6) is 23.0 Å². The molecular formula is C22H18O11. The Balaban J connectivity index is 2.45. The standard InChI is InChI=1S/C22H18O11/c1-11(23)29-17-9-5-7-15(19(17)31-13(3)25)21(27)33-22(28)16-8-6-10-18(30-12(2)24)20(16)32-14(4)26/h5-10H,1-4H3. The smallest absolute Gasteiger partial charge is 0.349 e. The Hall–Kier alpha value is -4.54. The van der Waals surface area contributed by atoms with Crippen molar-refractivity contribution in [3.8, 4) is 23.0 Å². The average Bonchev–Trinajstić information content (AvgIpc) is 2.68. The molecule has 0 aromatic heterocycles. The Kier molecular flexibility index (Phi) is 7.99. The van der Waals surface area contributed by atoms with Crippen LogP contribution in [0.2, 0.25) is 0 Å². The van der Waals surface area contributed by atoms with Crippen molar-refractivity contribution in [1.29, 1.82) is 0 Å². The Morgan fingerprint density at radius 2 is 0.848 bits per heavy atom. The van der Waals surface area contributed by atoms with Crippen molar-refractivity contribution in [3.63, 3.8) is 0 Å². The molecule has 0 atom stereocenters. The van der Waals surface area contributed by atoms with Gasteiger partial charge in [-0.25, -0.2) is 9.59 Å². The molecule has 11 nitrogen and oxygen atoms in total. The van der Waals surface area contributed by atoms with Gasteiger partial charge in [0.1, 0.15) is 11.1 Å². The number of esters is 6. The molecule has 2 rings (SSSR count). The third-order valence-electron chi connectivity index (χ3n) is 3.58. The quantitative estimate of drug-likeness (QED) is 0.357. The third kappa shape index (κ3) is 6.72. The van der Waals surface area contributed by atoms with E-state index in [1.807, 2.05) is 0 Å². The van der Waals surface area contributed by atoms with E-state index in [4.69, 9.17) is 23.7 Å². The summed E-state index contributed by atoms with van der Waals surface area (Å²) in [5, 5.41) is 0. The second-order valence-corrected chi connectivity index (χ2v) is 6.32. The van der Waals surface area contributed by atoms with Crippen molar-refractivity contribution in [2.45, 2.75) is 27.7 Å². The van der Waals surface area contributed by atoms with Crippen LogP contribution in [0.25, 0.3) is 0 Å². The minimum absolute atomic E-state index is 0.253. The lowest BCUT2D eigenvalue weighted by Crippen LogP contribution is -2.18. The van der Waals surface area contributed by atoms with Gasteiger partial charge in [-0.05, 0) is 24.3 Å². The van der Waals surface area contributed by atoms with E-state index in [-0.39, 0.29) is 11.5 Å². The normalized spacial score (nSPS) is 9.94. The molecule has 0 radical (unpaired) electrons. The van der Waals surface area contributed by atoms with Crippen LogP contribution in [0.4, 0.5) is 0 Å². The molecule has 0 N–H and O–H groups in total. The molecule has 0 aliphatic carbocycles. The number of hydrogen-bond acceptors (Lipinski definition) is 11. The number of hydrogen-bond donors (Lipinski definition) is 0. The van der Waals surface area contributed by atoms with Gasteiger partial charge >= 0.3 is 35.8 Å². The molecule has 0 unspecified atom stereocenters. The molecule has 0 spiro atoms. The summed E-state index contributed by atoms with van der Waals surface area (Å²) in [4.78, 5) is 71.0. The SMILES string of the molecule is CC(=O)Oc1cccc(C(=O)OC(=O)c2cccc(OC(C)=O)c2OC(C)=O)c1OC(C)=O. The summed E-state index contributed by atoms with van der Waals surface area (Å²) in [6.07, 6.45) is 0. The summed E-state index contributed by atoms with van der Waals surface area (Å²) in [5.74, 6) is -7.08. The van der Waals surface area contributed by atoms with Crippen molar-refractivity contribution >= 4 is 35.8 Å². The maximum atomic E-state index is 12.7. The number of ether oxygens (including phenoxy) is 5. The first-order valence-corrected chi connectivity index (χ1v) is 9.25. The second kappa shape index (κ2) is 10.7. The van der Waals surface area contributed by atoms with E-state index >= 15 is 0 Å². The van der Waals surface area contributed by atoms with Crippen molar-refractivity contribution in [2.75, 3.05) is 0 Å². The Labute approximate surface area is 187 Å². The molecule has 0 bridgehead atoms. The predicted molar refractivity (Wildman–Crippen MR) is 108 cm³/mol. The Morgan fingerprint density at radius 3 is 1.15 bits per heavy atom. The number of carbonyl (C=O) groups is 6. The van der Waals surface area contributed by atoms with Crippen LogP contribution in [-0.2, 0) is 23.9 Å². The van der Waals surface area contributed by atoms with Gasteiger partial charge in [0, 0.05) is 27.7 Å². The number of rotatable bonds is 6. The van der Waals surface area contributed by atoms with E-state index in [1.165, 1.54) is 36.4 Å². The molecule has 2 aromatic rings. The fourth-order valence-electron chi connectivity index (χ4n) is 2.52. The summed E-state index contributed by atoms with van der Waals surface area (Å²) >= 11 is 0. The van der Waals surface area contributed by atoms with E-state index in [1.54, 1.807) is 0 Å². The van der Waals surface area contributed by atoms with E-state index in [0.29, 0.717) is 0 Å². The molecule has 11 heteroatoms. The van der Waals surface area contributed by atoms with E-state index < -0.39 is 58.4 Å². The minimum Gasteiger partial charge on any atom is -0.423 e. The average molecular weight is 458 g/mol. The van der Waals surface area contributed by atoms with Crippen LogP contribution in [0.3, 0.4) is 0 Å². The largest absolute Gasteiger partial charge is 0.423 e. The zero-order valence-corrected chi connectivity index (χ0v) is 18.0. The fourth-order valence-corrected chi connectivity index (χ4v) is 2.52. The number of benzene rings is 2. The van der Waals surface area contributed by atoms with Gasteiger partial charge in [0.25, 0.3) is 0 Å². The van der Waals surface area contributed by atoms with Gasteiger partial charge in [-0.15, -0.1) is 0 Å². The second-order valence-electron chi connectivity index (χ2n) is 6.32. The van der Waals surface area contributed by atoms with Gasteiger partial charge < -0.3 is 23.7 Å². The minimum atomic E-state index is -1.27. The molecule has 2 aromatic carbocycles. The van der Waals surface area contributed by atoms with Crippen LogP contribution in [-0.4, -0.2) is 35.8 Å². The summed E-state index contributed by atoms with van der Waals surface area (Å²) in [6.45, 7) is 4.30. The van der Waals surface area contributed by atoms with Crippen LogP contribution in [0.1, 0.15) is 48.4 Å². The first kappa shape index (κ1) is 24.7. The van der Waals surface area contributed by atoms with Crippen molar-refractivity contribution in [3.05, 3.63) is 47.5 Å². The molecule has 0 heterocycles. The Morgan fingerprint density at radius 1 is 0.515 bits per heavy atom. The highest BCUT2D eigenvalue weighted by Crippen LogP contribution is 2.34. The highest BCUT2D eigenvalue weighted by atomic mass is 16.6. The number of para-hydroxylation sites is 2. The van der Waals surface area contributed by atoms with E-state index in [9.17, 15) is 28.8 Å². The highest BCUT2D eigenvalue weighted by molar-refractivity contribution is 6.06. The molecule has 0 fully saturated rings. The molecular weight excluding hydrogens is 440 g/mol. The third-order valence-corrected chi connectivity index (χ3v) is 3.58. The Bertz CT molecular complexity index is 1060. The van der Waals surface area contributed by atoms with Crippen molar-refractivity contribution in [2.24, 2.45) is 0 Å². The van der Waals surface area contributed by atoms with Gasteiger partial charge in [0.2, 0.25) is 0 Å². The lowest BCUT2D eigenvalue weighted by Gasteiger charge is -2.14. The van der Waals surface area contributed by atoms with Crippen molar-refractivity contribution < 1.29 is 52.5 Å². The van der Waals surface area contributed by atoms with Crippen LogP contribution >= 0.6 is 0 Å². The first-order chi connectivity index (χ1) is 15.5. The maximum Gasteiger partial charge on any atom is 0.349 e. The van der Waals surface area contributed by atoms with E-state index in [2.05, 4.69) is 0 Å². The van der Waals surface area contributed by atoms with Gasteiger partial charge in [0.05, 0.1) is 0 Å². The first-order valence-electron chi connectivity index (χ1n) is 9.25. The predicted octanol–water partition coefficient (Wildman–Crippen LogP) is 2.39. The van der Waals surface area contributed by atoms with Gasteiger partial charge in [-0.1, -0.05) is 12.1 Å². The lowest BCUT2D eigenvalue weighted by atomic mass is 10.1. The van der Waals surface area contributed by atoms with Gasteiger partial charge in [0.15, 0.2) is 23.0 Å². The zero-order chi connectivity index (χ0) is 24.7. The summed E-state index contributed by atoms with van der Waals surface area (Å²) in [7, 11) is 0. The lowest BCUT2D eigenvalue weighted by molar-refractivity contribution is -0.134. The van der Waals surface area contributed by atoms with Crippen molar-refractivity contribution in [1.82, 2.24) is 0 Å². The topological polar surface area (TPSA) is 149 Å². The van der Waals surface area contributed by atoms with Crippen LogP contribution < -0.4 is 18.9 Å². The number of carbonyl (C=O) groups excluding carboxylic acids is 6. The van der Waals surface area contributed by atoms with Crippen LogP contribution in [0.15, 0.2) is 36.4 Å². The molecule has 0 aliphatic heterocycles. The zero-order valence-electron chi connectivity index (χ0n) is 18.0. The molecule has 0 saturated carbocycles.